The molecule has 0 spiro atoms. The molecule has 0 saturated carbocycles. The van der Waals surface area contributed by atoms with Crippen molar-refractivity contribution < 1.29 is 29.2 Å². The smallest absolute Gasteiger partial charge is 0.335 e. The second-order valence-electron chi connectivity index (χ2n) is 3.91. The largest absolute Gasteiger partial charge is 0.479 e. The molecule has 4 atom stereocenters. The van der Waals surface area contributed by atoms with Crippen LogP contribution in [0.3, 0.4) is 0 Å². The number of carboxylic acids is 1. The summed E-state index contributed by atoms with van der Waals surface area (Å²) >= 11 is 0. The number of hydrogen-bond donors (Lipinski definition) is 4. The Kier molecular flexibility index (Phi) is 3.22. The summed E-state index contributed by atoms with van der Waals surface area (Å²) in [4.78, 5) is 34.6. The number of carboxylic acid groups (broad SMARTS) is 1. The van der Waals surface area contributed by atoms with Crippen LogP contribution in [0.4, 0.5) is 4.39 Å². The molecule has 1 aliphatic heterocycles. The first-order valence-electron chi connectivity index (χ1n) is 5.08. The zero-order valence-electron chi connectivity index (χ0n) is 9.19. The Bertz CT molecular complexity index is 624. The highest BCUT2D eigenvalue weighted by Crippen LogP contribution is 2.28. The molecule has 1 aromatic rings. The lowest BCUT2D eigenvalue weighted by atomic mass is 10.1. The number of nitrogens with one attached hydrogen (secondary N) is 1. The van der Waals surface area contributed by atoms with Crippen molar-refractivity contribution in [2.24, 2.45) is 0 Å². The van der Waals surface area contributed by atoms with E-state index in [0.29, 0.717) is 10.8 Å². The Balaban J connectivity index is 2.44. The van der Waals surface area contributed by atoms with Crippen LogP contribution in [0.1, 0.15) is 6.23 Å². The Hall–Kier alpha value is -2.04. The van der Waals surface area contributed by atoms with Crippen molar-refractivity contribution >= 4 is 5.97 Å². The number of aliphatic hydroxyl groups is 2. The zero-order chi connectivity index (χ0) is 14.3. The third kappa shape index (κ3) is 2.16. The average molecular weight is 276 g/mol. The first kappa shape index (κ1) is 13.4. The number of halogens is 1. The highest BCUT2D eigenvalue weighted by Gasteiger charge is 2.47. The van der Waals surface area contributed by atoms with Crippen LogP contribution in [0.25, 0.3) is 0 Å². The van der Waals surface area contributed by atoms with E-state index in [9.17, 15) is 29.0 Å². The summed E-state index contributed by atoms with van der Waals surface area (Å²) in [5.41, 5.74) is -2.36. The lowest BCUT2D eigenvalue weighted by Crippen LogP contribution is -2.39. The van der Waals surface area contributed by atoms with Gasteiger partial charge in [-0.05, 0) is 0 Å². The summed E-state index contributed by atoms with van der Waals surface area (Å²) in [5.74, 6) is -2.87. The number of nitrogens with zero attached hydrogens (tertiary/aromatic N) is 1. The molecule has 0 radical (unpaired) electrons. The number of H-pyrrole nitrogens is 1. The molecule has 1 saturated heterocycles. The molecule has 19 heavy (non-hydrogen) atoms. The van der Waals surface area contributed by atoms with Crippen LogP contribution in [0.5, 0.6) is 0 Å². The number of aromatic amines is 1. The van der Waals surface area contributed by atoms with Crippen molar-refractivity contribution in [2.75, 3.05) is 0 Å². The van der Waals surface area contributed by atoms with Gasteiger partial charge in [-0.15, -0.1) is 0 Å². The van der Waals surface area contributed by atoms with Crippen LogP contribution in [0.15, 0.2) is 15.8 Å². The predicted octanol–water partition coefficient (Wildman–Crippen LogP) is -2.62. The molecule has 10 heteroatoms. The molecule has 0 amide bonds. The fourth-order valence-corrected chi connectivity index (χ4v) is 1.74. The van der Waals surface area contributed by atoms with Gasteiger partial charge < -0.3 is 20.1 Å². The first-order valence-corrected chi connectivity index (χ1v) is 5.08. The summed E-state index contributed by atoms with van der Waals surface area (Å²) in [6, 6.07) is 0. The molecule has 1 fully saturated rings. The molecule has 104 valence electrons. The Morgan fingerprint density at radius 1 is 1.37 bits per heavy atom. The van der Waals surface area contributed by atoms with Crippen molar-refractivity contribution in [2.45, 2.75) is 24.5 Å². The molecule has 2 heterocycles. The average Bonchev–Trinajstić information content (AvgIpc) is 2.62. The first-order chi connectivity index (χ1) is 8.82. The highest BCUT2D eigenvalue weighted by atomic mass is 19.1. The predicted molar refractivity (Wildman–Crippen MR) is 54.8 cm³/mol. The van der Waals surface area contributed by atoms with Gasteiger partial charge in [-0.2, -0.15) is 4.39 Å². The number of ether oxygens (including phenoxy) is 1. The Morgan fingerprint density at radius 2 is 2.00 bits per heavy atom. The summed E-state index contributed by atoms with van der Waals surface area (Å²) in [6.07, 6.45) is -6.46. The second kappa shape index (κ2) is 4.57. The number of carbonyl (C=O) groups is 1. The summed E-state index contributed by atoms with van der Waals surface area (Å²) in [7, 11) is 0. The number of aromatic nitrogens is 2. The molecule has 1 aliphatic rings. The third-order valence-electron chi connectivity index (χ3n) is 2.68. The van der Waals surface area contributed by atoms with Crippen molar-refractivity contribution in [1.82, 2.24) is 9.55 Å². The molecule has 0 bridgehead atoms. The van der Waals surface area contributed by atoms with Crippen LogP contribution in [0.2, 0.25) is 0 Å². The van der Waals surface area contributed by atoms with E-state index in [4.69, 9.17) is 9.84 Å². The van der Waals surface area contributed by atoms with Gasteiger partial charge in [0.2, 0.25) is 5.82 Å². The van der Waals surface area contributed by atoms with Crippen molar-refractivity contribution in [3.63, 3.8) is 0 Å². The maximum absolute atomic E-state index is 13.1. The van der Waals surface area contributed by atoms with E-state index in [2.05, 4.69) is 0 Å². The van der Waals surface area contributed by atoms with Gasteiger partial charge in [-0.3, -0.25) is 14.3 Å². The summed E-state index contributed by atoms with van der Waals surface area (Å²) in [6.45, 7) is 0. The van der Waals surface area contributed by atoms with Gasteiger partial charge in [-0.1, -0.05) is 0 Å². The van der Waals surface area contributed by atoms with Crippen molar-refractivity contribution in [1.29, 1.82) is 0 Å². The maximum Gasteiger partial charge on any atom is 0.335 e. The molecule has 0 aliphatic carbocycles. The molecule has 9 nitrogen and oxygen atoms in total. The topological polar surface area (TPSA) is 142 Å². The minimum absolute atomic E-state index is 0.464. The Labute approximate surface area is 103 Å². The second-order valence-corrected chi connectivity index (χ2v) is 3.91. The normalized spacial score (nSPS) is 30.5. The van der Waals surface area contributed by atoms with E-state index in [-0.39, 0.29) is 0 Å². The molecular weight excluding hydrogens is 267 g/mol. The summed E-state index contributed by atoms with van der Waals surface area (Å²) < 4.78 is 18.3. The molecule has 1 aromatic heterocycles. The number of hydrogen-bond acceptors (Lipinski definition) is 6. The quantitative estimate of drug-likeness (QED) is 0.463. The van der Waals surface area contributed by atoms with E-state index in [1.165, 1.54) is 0 Å². The van der Waals surface area contributed by atoms with Gasteiger partial charge in [0, 0.05) is 0 Å². The molecule has 4 N–H and O–H groups in total. The SMILES string of the molecule is O=C(O)[C@H]1O[C@@H](n2cc(F)c(=O)[nH]c2=O)[C@H](O)[C@@H]1O. The van der Waals surface area contributed by atoms with E-state index >= 15 is 0 Å². The standard InChI is InChI=1S/C9H9FN2O7/c10-2-1-12(9(18)11-6(2)15)7-4(14)3(13)5(19-7)8(16)17/h1,3-5,7,13-14H,(H,16,17)(H,11,15,18)/t3-,4+,5-,7+/m0/s1. The van der Waals surface area contributed by atoms with Crippen LogP contribution >= 0.6 is 0 Å². The van der Waals surface area contributed by atoms with Gasteiger partial charge in [0.1, 0.15) is 12.2 Å². The minimum atomic E-state index is -1.79. The van der Waals surface area contributed by atoms with Crippen molar-refractivity contribution in [3.05, 3.63) is 32.9 Å². The molecule has 2 rings (SSSR count). The van der Waals surface area contributed by atoms with E-state index in [0.717, 1.165) is 0 Å². The fraction of sp³-hybridized carbons (Fsp3) is 0.444. The highest BCUT2D eigenvalue weighted by molar-refractivity contribution is 5.73. The van der Waals surface area contributed by atoms with Gasteiger partial charge in [-0.25, -0.2) is 9.59 Å². The van der Waals surface area contributed by atoms with Gasteiger partial charge in [0.15, 0.2) is 12.3 Å². The lowest BCUT2D eigenvalue weighted by Gasteiger charge is -2.16. The number of rotatable bonds is 2. The van der Waals surface area contributed by atoms with Crippen LogP contribution < -0.4 is 11.2 Å². The Morgan fingerprint density at radius 3 is 2.53 bits per heavy atom. The number of aliphatic hydroxyl groups excluding tert-OH is 2. The van der Waals surface area contributed by atoms with E-state index in [1.54, 1.807) is 4.98 Å². The zero-order valence-corrected chi connectivity index (χ0v) is 9.19. The monoisotopic (exact) mass is 276 g/mol. The molecule has 0 unspecified atom stereocenters. The third-order valence-corrected chi connectivity index (χ3v) is 2.68. The molecular formula is C9H9FN2O7. The van der Waals surface area contributed by atoms with Crippen molar-refractivity contribution in [3.8, 4) is 0 Å². The van der Waals surface area contributed by atoms with E-state index in [1.807, 2.05) is 0 Å². The van der Waals surface area contributed by atoms with Crippen LogP contribution in [0, 0.1) is 5.82 Å². The lowest BCUT2D eigenvalue weighted by molar-refractivity contribution is -0.155. The minimum Gasteiger partial charge on any atom is -0.479 e. The maximum atomic E-state index is 13.1. The summed E-state index contributed by atoms with van der Waals surface area (Å²) in [5, 5.41) is 27.8. The van der Waals surface area contributed by atoms with Gasteiger partial charge >= 0.3 is 11.7 Å². The fourth-order valence-electron chi connectivity index (χ4n) is 1.74. The number of aliphatic carboxylic acids is 1. The van der Waals surface area contributed by atoms with Crippen LogP contribution in [-0.2, 0) is 9.53 Å². The van der Waals surface area contributed by atoms with Gasteiger partial charge in [0.05, 0.1) is 6.20 Å². The molecule has 0 aromatic carbocycles. The van der Waals surface area contributed by atoms with E-state index < -0.39 is 47.6 Å². The van der Waals surface area contributed by atoms with Gasteiger partial charge in [0.25, 0.3) is 5.56 Å². The van der Waals surface area contributed by atoms with Crippen LogP contribution in [-0.4, -0.2) is 49.2 Å².